The quantitative estimate of drug-likeness (QED) is 0.900. The van der Waals surface area contributed by atoms with Gasteiger partial charge in [-0.25, -0.2) is 0 Å². The number of nitrogens with zero attached hydrogens (tertiary/aromatic N) is 1. The van der Waals surface area contributed by atoms with Gasteiger partial charge in [0, 0.05) is 13.1 Å². The topological polar surface area (TPSA) is 23.5 Å². The molecule has 3 rings (SSSR count). The molecule has 0 saturated heterocycles. The Morgan fingerprint density at radius 1 is 1.05 bits per heavy atom. The van der Waals surface area contributed by atoms with Crippen LogP contribution in [0.15, 0.2) is 36.4 Å². The lowest BCUT2D eigenvalue weighted by Gasteiger charge is -2.21. The van der Waals surface area contributed by atoms with Crippen LogP contribution in [-0.4, -0.2) is 16.6 Å². The molecule has 2 aromatic rings. The van der Waals surface area contributed by atoms with E-state index in [1.807, 2.05) is 13.8 Å². The normalized spacial score (nSPS) is 15.5. The monoisotopic (exact) mass is 281 g/mol. The van der Waals surface area contributed by atoms with Gasteiger partial charge >= 0.3 is 0 Å². The average molecular weight is 281 g/mol. The van der Waals surface area contributed by atoms with Gasteiger partial charge in [-0.15, -0.1) is 0 Å². The zero-order chi connectivity index (χ0) is 14.8. The zero-order valence-corrected chi connectivity index (χ0v) is 12.9. The number of fused-ring (bicyclic) bond motifs is 1. The number of aryl methyl sites for hydroxylation is 3. The Labute approximate surface area is 127 Å². The first-order valence-electron chi connectivity index (χ1n) is 7.72. The van der Waals surface area contributed by atoms with E-state index >= 15 is 0 Å². The van der Waals surface area contributed by atoms with Crippen molar-refractivity contribution in [2.24, 2.45) is 0 Å². The third-order valence-electron chi connectivity index (χ3n) is 4.39. The van der Waals surface area contributed by atoms with Gasteiger partial charge in [-0.2, -0.15) is 0 Å². The number of hydrogen-bond donors (Lipinski definition) is 1. The average Bonchev–Trinajstić information content (AvgIpc) is 2.66. The maximum Gasteiger partial charge on any atom is 0.121 e. The van der Waals surface area contributed by atoms with E-state index in [1.54, 1.807) is 0 Å². The molecule has 0 radical (unpaired) electrons. The van der Waals surface area contributed by atoms with E-state index in [4.69, 9.17) is 0 Å². The van der Waals surface area contributed by atoms with Crippen molar-refractivity contribution in [3.05, 3.63) is 64.2 Å². The standard InChI is InChI=1S/C19H23NO/c1-14-10-16(11-15(2)19(14)21)12-20-9-5-8-17-6-3-4-7-18(17)13-20/h3-4,6-7,10-11,21H,5,8-9,12-13H2,1-2H3. The SMILES string of the molecule is Cc1cc(CN2CCCc3ccccc3C2)cc(C)c1O. The molecule has 1 N–H and O–H groups in total. The fraction of sp³-hybridized carbons (Fsp3) is 0.368. The van der Waals surface area contributed by atoms with Crippen molar-refractivity contribution in [3.8, 4) is 5.75 Å². The Morgan fingerprint density at radius 3 is 2.43 bits per heavy atom. The minimum Gasteiger partial charge on any atom is -0.507 e. The summed E-state index contributed by atoms with van der Waals surface area (Å²) in [5, 5.41) is 9.90. The first-order chi connectivity index (χ1) is 10.1. The molecule has 110 valence electrons. The smallest absolute Gasteiger partial charge is 0.121 e. The number of rotatable bonds is 2. The summed E-state index contributed by atoms with van der Waals surface area (Å²) in [5.41, 5.74) is 6.20. The van der Waals surface area contributed by atoms with Crippen molar-refractivity contribution < 1.29 is 5.11 Å². The third kappa shape index (κ3) is 3.11. The molecule has 0 amide bonds. The number of aromatic hydroxyl groups is 1. The summed E-state index contributed by atoms with van der Waals surface area (Å²) in [5.74, 6) is 0.431. The first-order valence-corrected chi connectivity index (χ1v) is 7.72. The van der Waals surface area contributed by atoms with Crippen LogP contribution in [0.4, 0.5) is 0 Å². The van der Waals surface area contributed by atoms with Crippen molar-refractivity contribution in [1.82, 2.24) is 4.90 Å². The van der Waals surface area contributed by atoms with Gasteiger partial charge in [0.1, 0.15) is 5.75 Å². The Balaban J connectivity index is 1.79. The van der Waals surface area contributed by atoms with Crippen LogP contribution >= 0.6 is 0 Å². The molecule has 1 aliphatic heterocycles. The van der Waals surface area contributed by atoms with E-state index in [0.29, 0.717) is 5.75 Å². The Morgan fingerprint density at radius 2 is 1.71 bits per heavy atom. The lowest BCUT2D eigenvalue weighted by Crippen LogP contribution is -2.22. The fourth-order valence-corrected chi connectivity index (χ4v) is 3.30. The van der Waals surface area contributed by atoms with Crippen LogP contribution in [-0.2, 0) is 19.5 Å². The van der Waals surface area contributed by atoms with Crippen molar-refractivity contribution >= 4 is 0 Å². The van der Waals surface area contributed by atoms with Gasteiger partial charge in [0.05, 0.1) is 0 Å². The molecule has 21 heavy (non-hydrogen) atoms. The predicted molar refractivity (Wildman–Crippen MR) is 86.5 cm³/mol. The van der Waals surface area contributed by atoms with Crippen LogP contribution in [0, 0.1) is 13.8 Å². The van der Waals surface area contributed by atoms with Crippen molar-refractivity contribution in [1.29, 1.82) is 0 Å². The first kappa shape index (κ1) is 14.2. The van der Waals surface area contributed by atoms with E-state index in [1.165, 1.54) is 29.5 Å². The molecular weight excluding hydrogens is 258 g/mol. The van der Waals surface area contributed by atoms with E-state index in [-0.39, 0.29) is 0 Å². The highest BCUT2D eigenvalue weighted by Crippen LogP contribution is 2.25. The third-order valence-corrected chi connectivity index (χ3v) is 4.39. The van der Waals surface area contributed by atoms with E-state index in [0.717, 1.165) is 30.8 Å². The van der Waals surface area contributed by atoms with Crippen molar-refractivity contribution in [2.45, 2.75) is 39.8 Å². The second kappa shape index (κ2) is 5.90. The lowest BCUT2D eigenvalue weighted by atomic mass is 10.0. The lowest BCUT2D eigenvalue weighted by molar-refractivity contribution is 0.261. The molecule has 0 atom stereocenters. The van der Waals surface area contributed by atoms with Crippen LogP contribution in [0.25, 0.3) is 0 Å². The van der Waals surface area contributed by atoms with Crippen LogP contribution < -0.4 is 0 Å². The van der Waals surface area contributed by atoms with Crippen LogP contribution in [0.3, 0.4) is 0 Å². The van der Waals surface area contributed by atoms with Gasteiger partial charge < -0.3 is 5.11 Å². The molecule has 1 aliphatic rings. The van der Waals surface area contributed by atoms with Crippen LogP contribution in [0.5, 0.6) is 5.75 Å². The van der Waals surface area contributed by atoms with Crippen molar-refractivity contribution in [2.75, 3.05) is 6.54 Å². The van der Waals surface area contributed by atoms with Gasteiger partial charge in [-0.05, 0) is 61.1 Å². The fourth-order valence-electron chi connectivity index (χ4n) is 3.30. The Bertz CT molecular complexity index is 625. The molecule has 2 nitrogen and oxygen atoms in total. The van der Waals surface area contributed by atoms with Crippen molar-refractivity contribution in [3.63, 3.8) is 0 Å². The van der Waals surface area contributed by atoms with E-state index < -0.39 is 0 Å². The minimum atomic E-state index is 0.431. The maximum atomic E-state index is 9.90. The predicted octanol–water partition coefficient (Wildman–Crippen LogP) is 3.96. The summed E-state index contributed by atoms with van der Waals surface area (Å²) in [6.45, 7) is 7.06. The summed E-state index contributed by atoms with van der Waals surface area (Å²) >= 11 is 0. The van der Waals surface area contributed by atoms with Gasteiger partial charge in [0.15, 0.2) is 0 Å². The highest BCUT2D eigenvalue weighted by Gasteiger charge is 2.15. The summed E-state index contributed by atoms with van der Waals surface area (Å²) in [4.78, 5) is 2.51. The Hall–Kier alpha value is -1.80. The highest BCUT2D eigenvalue weighted by molar-refractivity contribution is 5.42. The summed E-state index contributed by atoms with van der Waals surface area (Å²) in [6.07, 6.45) is 2.40. The van der Waals surface area contributed by atoms with E-state index in [9.17, 15) is 5.11 Å². The van der Waals surface area contributed by atoms with E-state index in [2.05, 4.69) is 41.3 Å². The molecule has 0 saturated carbocycles. The second-order valence-corrected chi connectivity index (χ2v) is 6.16. The molecule has 1 heterocycles. The molecule has 0 fully saturated rings. The molecule has 0 bridgehead atoms. The molecule has 2 heteroatoms. The largest absolute Gasteiger partial charge is 0.507 e. The molecule has 0 aromatic heterocycles. The summed E-state index contributed by atoms with van der Waals surface area (Å²) < 4.78 is 0. The van der Waals surface area contributed by atoms with Gasteiger partial charge in [-0.3, -0.25) is 4.90 Å². The molecule has 0 aliphatic carbocycles. The second-order valence-electron chi connectivity index (χ2n) is 6.16. The molecule has 0 unspecified atom stereocenters. The zero-order valence-electron chi connectivity index (χ0n) is 12.9. The van der Waals surface area contributed by atoms with Crippen LogP contribution in [0.1, 0.15) is 34.2 Å². The van der Waals surface area contributed by atoms with Gasteiger partial charge in [0.2, 0.25) is 0 Å². The number of phenolic OH excluding ortho intramolecular Hbond substituents is 1. The highest BCUT2D eigenvalue weighted by atomic mass is 16.3. The van der Waals surface area contributed by atoms with Crippen LogP contribution in [0.2, 0.25) is 0 Å². The van der Waals surface area contributed by atoms with Gasteiger partial charge in [-0.1, -0.05) is 36.4 Å². The minimum absolute atomic E-state index is 0.431. The Kier molecular flexibility index (Phi) is 3.98. The summed E-state index contributed by atoms with van der Waals surface area (Å²) in [7, 11) is 0. The molecule has 0 spiro atoms. The number of hydrogen-bond acceptors (Lipinski definition) is 2. The number of phenols is 1. The maximum absolute atomic E-state index is 9.90. The molecule has 2 aromatic carbocycles. The molecular formula is C19H23NO. The number of benzene rings is 2. The summed E-state index contributed by atoms with van der Waals surface area (Å²) in [6, 6.07) is 13.0. The van der Waals surface area contributed by atoms with Gasteiger partial charge in [0.25, 0.3) is 0 Å².